The van der Waals surface area contributed by atoms with Gasteiger partial charge in [-0.2, -0.15) is 0 Å². The van der Waals surface area contributed by atoms with Gasteiger partial charge in [-0.05, 0) is 31.4 Å². The minimum atomic E-state index is -0.218. The minimum absolute atomic E-state index is 0.133. The Kier molecular flexibility index (Phi) is 1.46. The first-order valence-electron chi connectivity index (χ1n) is 4.91. The number of hydrogen-bond donors (Lipinski definition) is 0. The van der Waals surface area contributed by atoms with Crippen molar-refractivity contribution in [2.75, 3.05) is 13.2 Å². The largest absolute Gasteiger partial charge is 0.458 e. The molecule has 74 valence electrons. The van der Waals surface area contributed by atoms with E-state index in [9.17, 15) is 4.79 Å². The molecule has 1 saturated heterocycles. The van der Waals surface area contributed by atoms with E-state index in [4.69, 9.17) is 9.15 Å². The van der Waals surface area contributed by atoms with Gasteiger partial charge in [0.2, 0.25) is 5.78 Å². The quantitative estimate of drug-likeness (QED) is 0.671. The van der Waals surface area contributed by atoms with E-state index in [0.717, 1.165) is 18.8 Å². The monoisotopic (exact) mass is 192 g/mol. The highest BCUT2D eigenvalue weighted by Gasteiger charge is 2.64. The summed E-state index contributed by atoms with van der Waals surface area (Å²) in [5, 5.41) is 0. The van der Waals surface area contributed by atoms with Crippen molar-refractivity contribution in [3.05, 3.63) is 23.7 Å². The lowest BCUT2D eigenvalue weighted by Crippen LogP contribution is -2.19. The average Bonchev–Trinajstić information content (AvgIpc) is 2.59. The van der Waals surface area contributed by atoms with Crippen molar-refractivity contribution in [3.8, 4) is 0 Å². The molecule has 1 aliphatic carbocycles. The first-order valence-corrected chi connectivity index (χ1v) is 4.91. The number of rotatable bonds is 2. The Labute approximate surface area is 82.0 Å². The summed E-state index contributed by atoms with van der Waals surface area (Å²) in [5.74, 6) is 1.87. The minimum Gasteiger partial charge on any atom is -0.458 e. The molecule has 2 unspecified atom stereocenters. The van der Waals surface area contributed by atoms with Gasteiger partial charge in [0, 0.05) is 0 Å². The molecule has 2 fully saturated rings. The molecule has 14 heavy (non-hydrogen) atoms. The van der Waals surface area contributed by atoms with E-state index >= 15 is 0 Å². The molecule has 2 heterocycles. The molecule has 3 rings (SSSR count). The molecule has 3 heteroatoms. The summed E-state index contributed by atoms with van der Waals surface area (Å²) in [5.41, 5.74) is -0.218. The SMILES string of the molecule is Cc1ccc(C(=O)C23COCC2C3)o1. The summed E-state index contributed by atoms with van der Waals surface area (Å²) in [6.07, 6.45) is 0.978. The number of carbonyl (C=O) groups is 1. The van der Waals surface area contributed by atoms with Gasteiger partial charge in [-0.15, -0.1) is 0 Å². The molecule has 1 aliphatic heterocycles. The highest BCUT2D eigenvalue weighted by atomic mass is 16.5. The summed E-state index contributed by atoms with van der Waals surface area (Å²) >= 11 is 0. The molecule has 0 spiro atoms. The van der Waals surface area contributed by atoms with Gasteiger partial charge in [-0.3, -0.25) is 4.79 Å². The molecule has 0 N–H and O–H groups in total. The molecule has 2 aliphatic rings. The van der Waals surface area contributed by atoms with E-state index in [1.54, 1.807) is 6.07 Å². The standard InChI is InChI=1S/C11H12O3/c1-7-2-3-9(14-7)10(12)11-4-8(11)5-13-6-11/h2-3,8H,4-6H2,1H3. The fourth-order valence-corrected chi connectivity index (χ4v) is 2.30. The number of Topliss-reactive ketones (excluding diaryl/α,β-unsaturated/α-hetero) is 1. The van der Waals surface area contributed by atoms with Crippen molar-refractivity contribution >= 4 is 5.78 Å². The van der Waals surface area contributed by atoms with E-state index in [1.807, 2.05) is 13.0 Å². The molecule has 1 aromatic rings. The van der Waals surface area contributed by atoms with Crippen LogP contribution in [0, 0.1) is 18.3 Å². The van der Waals surface area contributed by atoms with Gasteiger partial charge in [-0.25, -0.2) is 0 Å². The number of aryl methyl sites for hydroxylation is 1. The van der Waals surface area contributed by atoms with E-state index in [-0.39, 0.29) is 11.2 Å². The molecular formula is C11H12O3. The summed E-state index contributed by atoms with van der Waals surface area (Å²) < 4.78 is 10.6. The van der Waals surface area contributed by atoms with Gasteiger partial charge >= 0.3 is 0 Å². The molecule has 1 saturated carbocycles. The van der Waals surface area contributed by atoms with Gasteiger partial charge in [0.15, 0.2) is 5.76 Å². The third-order valence-electron chi connectivity index (χ3n) is 3.33. The Balaban J connectivity index is 1.90. The predicted octanol–water partition coefficient (Wildman–Crippen LogP) is 1.81. The van der Waals surface area contributed by atoms with Gasteiger partial charge in [-0.1, -0.05) is 0 Å². The van der Waals surface area contributed by atoms with E-state index < -0.39 is 0 Å². The highest BCUT2D eigenvalue weighted by Crippen LogP contribution is 2.58. The maximum atomic E-state index is 12.0. The molecule has 0 bridgehead atoms. The fourth-order valence-electron chi connectivity index (χ4n) is 2.30. The van der Waals surface area contributed by atoms with Gasteiger partial charge < -0.3 is 9.15 Å². The average molecular weight is 192 g/mol. The maximum Gasteiger partial charge on any atom is 0.206 e. The van der Waals surface area contributed by atoms with Crippen molar-refractivity contribution < 1.29 is 13.9 Å². The third kappa shape index (κ3) is 0.932. The molecule has 1 aromatic heterocycles. The fraction of sp³-hybridized carbons (Fsp3) is 0.545. The van der Waals surface area contributed by atoms with Crippen LogP contribution in [-0.4, -0.2) is 19.0 Å². The lowest BCUT2D eigenvalue weighted by molar-refractivity contribution is 0.0800. The Bertz CT molecular complexity index is 393. The Morgan fingerprint density at radius 3 is 2.93 bits per heavy atom. The van der Waals surface area contributed by atoms with Gasteiger partial charge in [0.05, 0.1) is 18.6 Å². The van der Waals surface area contributed by atoms with Crippen LogP contribution in [0.25, 0.3) is 0 Å². The summed E-state index contributed by atoms with van der Waals surface area (Å²) in [7, 11) is 0. The number of furan rings is 1. The Morgan fingerprint density at radius 2 is 2.43 bits per heavy atom. The van der Waals surface area contributed by atoms with Crippen LogP contribution >= 0.6 is 0 Å². The van der Waals surface area contributed by atoms with Gasteiger partial charge in [0.1, 0.15) is 5.76 Å². The molecule has 3 nitrogen and oxygen atoms in total. The predicted molar refractivity (Wildman–Crippen MR) is 49.1 cm³/mol. The summed E-state index contributed by atoms with van der Waals surface area (Å²) in [6, 6.07) is 3.59. The third-order valence-corrected chi connectivity index (χ3v) is 3.33. The van der Waals surface area contributed by atoms with Crippen LogP contribution in [0.2, 0.25) is 0 Å². The van der Waals surface area contributed by atoms with Gasteiger partial charge in [0.25, 0.3) is 0 Å². The number of ketones is 1. The smallest absolute Gasteiger partial charge is 0.206 e. The highest BCUT2D eigenvalue weighted by molar-refractivity contribution is 6.01. The zero-order chi connectivity index (χ0) is 9.76. The van der Waals surface area contributed by atoms with Crippen molar-refractivity contribution in [2.24, 2.45) is 11.3 Å². The zero-order valence-corrected chi connectivity index (χ0v) is 8.08. The number of hydrogen-bond acceptors (Lipinski definition) is 3. The lowest BCUT2D eigenvalue weighted by Gasteiger charge is -2.06. The van der Waals surface area contributed by atoms with Crippen molar-refractivity contribution in [3.63, 3.8) is 0 Å². The summed E-state index contributed by atoms with van der Waals surface area (Å²) in [6.45, 7) is 3.17. The maximum absolute atomic E-state index is 12.0. The van der Waals surface area contributed by atoms with Crippen molar-refractivity contribution in [1.29, 1.82) is 0 Å². The molecule has 2 atom stereocenters. The normalized spacial score (nSPS) is 34.2. The first-order chi connectivity index (χ1) is 6.72. The lowest BCUT2D eigenvalue weighted by atomic mass is 9.99. The Hall–Kier alpha value is -1.09. The van der Waals surface area contributed by atoms with Crippen LogP contribution in [0.15, 0.2) is 16.5 Å². The van der Waals surface area contributed by atoms with Crippen molar-refractivity contribution in [1.82, 2.24) is 0 Å². The van der Waals surface area contributed by atoms with Crippen LogP contribution in [0.3, 0.4) is 0 Å². The zero-order valence-electron chi connectivity index (χ0n) is 8.08. The second-order valence-corrected chi connectivity index (χ2v) is 4.31. The molecular weight excluding hydrogens is 180 g/mol. The van der Waals surface area contributed by atoms with E-state index in [2.05, 4.69) is 0 Å². The summed E-state index contributed by atoms with van der Waals surface area (Å²) in [4.78, 5) is 12.0. The van der Waals surface area contributed by atoms with Crippen LogP contribution in [0.5, 0.6) is 0 Å². The van der Waals surface area contributed by atoms with Crippen LogP contribution in [0.4, 0.5) is 0 Å². The van der Waals surface area contributed by atoms with Crippen LogP contribution in [0.1, 0.15) is 22.7 Å². The number of carbonyl (C=O) groups excluding carboxylic acids is 1. The molecule has 0 aromatic carbocycles. The van der Waals surface area contributed by atoms with Crippen molar-refractivity contribution in [2.45, 2.75) is 13.3 Å². The molecule has 0 radical (unpaired) electrons. The first kappa shape index (κ1) is 8.24. The molecule has 0 amide bonds. The van der Waals surface area contributed by atoms with Crippen LogP contribution < -0.4 is 0 Å². The van der Waals surface area contributed by atoms with E-state index in [0.29, 0.717) is 18.3 Å². The second-order valence-electron chi connectivity index (χ2n) is 4.31. The van der Waals surface area contributed by atoms with Crippen LogP contribution in [-0.2, 0) is 4.74 Å². The number of ether oxygens (including phenoxy) is 1. The second kappa shape index (κ2) is 2.48. The van der Waals surface area contributed by atoms with E-state index in [1.165, 1.54) is 0 Å². The Morgan fingerprint density at radius 1 is 1.57 bits per heavy atom. The topological polar surface area (TPSA) is 39.4 Å². The number of fused-ring (bicyclic) bond motifs is 1.